The molecule has 7 heteroatoms. The number of allylic oxidation sites excluding steroid dienone is 2. The fourth-order valence-corrected chi connectivity index (χ4v) is 5.03. The van der Waals surface area contributed by atoms with Crippen LogP contribution >= 0.6 is 11.3 Å². The van der Waals surface area contributed by atoms with Crippen LogP contribution in [0.4, 0.5) is 4.39 Å². The van der Waals surface area contributed by atoms with Crippen LogP contribution < -0.4 is 5.32 Å². The Hall–Kier alpha value is -3.11. The summed E-state index contributed by atoms with van der Waals surface area (Å²) in [7, 11) is 3.84. The Morgan fingerprint density at radius 2 is 2.03 bits per heavy atom. The number of nitrogens with one attached hydrogen (secondary N) is 2. The molecule has 0 spiro atoms. The molecule has 1 aliphatic heterocycles. The first-order valence-corrected chi connectivity index (χ1v) is 10.2. The standard InChI is InChI=1S/C22H22FN5S/c1-22(16-6-4-5-7-18(16)27(2)28(3)21(25)26-22)20-11-10-19(29-20)14-8-9-17(23)15(12-14)13-24/h5,7-12H,4,6H2,1-3H3,(H2,25,26). The second kappa shape index (κ2) is 7.05. The largest absolute Gasteiger partial charge is 0.341 e. The molecule has 0 saturated heterocycles. The summed E-state index contributed by atoms with van der Waals surface area (Å²) in [5.41, 5.74) is 2.67. The molecule has 1 aliphatic carbocycles. The van der Waals surface area contributed by atoms with E-state index in [1.807, 2.05) is 31.2 Å². The van der Waals surface area contributed by atoms with Crippen LogP contribution in [0.2, 0.25) is 0 Å². The van der Waals surface area contributed by atoms with Crippen molar-refractivity contribution in [3.05, 3.63) is 70.0 Å². The second-order valence-corrected chi connectivity index (χ2v) is 8.50. The molecular formula is C22H22FN5S. The van der Waals surface area contributed by atoms with Crippen molar-refractivity contribution in [2.24, 2.45) is 0 Å². The number of nitrogens with zero attached hydrogens (tertiary/aromatic N) is 3. The molecule has 29 heavy (non-hydrogen) atoms. The minimum Gasteiger partial charge on any atom is -0.341 e. The molecule has 2 aromatic rings. The summed E-state index contributed by atoms with van der Waals surface area (Å²) < 4.78 is 13.7. The highest BCUT2D eigenvalue weighted by Crippen LogP contribution is 2.43. The van der Waals surface area contributed by atoms with Crippen molar-refractivity contribution in [3.63, 3.8) is 0 Å². The van der Waals surface area contributed by atoms with Gasteiger partial charge in [0.1, 0.15) is 11.9 Å². The first kappa shape index (κ1) is 19.2. The maximum atomic E-state index is 13.7. The van der Waals surface area contributed by atoms with Crippen molar-refractivity contribution >= 4 is 17.3 Å². The number of halogens is 1. The van der Waals surface area contributed by atoms with Gasteiger partial charge in [0.2, 0.25) is 5.96 Å². The Kier molecular flexibility index (Phi) is 4.67. The molecule has 1 unspecified atom stereocenters. The molecule has 5 nitrogen and oxygen atoms in total. The highest BCUT2D eigenvalue weighted by Gasteiger charge is 2.40. The van der Waals surface area contributed by atoms with E-state index in [0.29, 0.717) is 5.96 Å². The molecule has 2 aliphatic rings. The fourth-order valence-electron chi connectivity index (χ4n) is 3.90. The maximum Gasteiger partial charge on any atom is 0.211 e. The minimum atomic E-state index is -0.531. The average Bonchev–Trinajstić information content (AvgIpc) is 3.21. The Bertz CT molecular complexity index is 1090. The summed E-state index contributed by atoms with van der Waals surface area (Å²) in [6, 6.07) is 10.6. The number of rotatable bonds is 2. The quantitative estimate of drug-likeness (QED) is 0.766. The highest BCUT2D eigenvalue weighted by molar-refractivity contribution is 7.15. The summed E-state index contributed by atoms with van der Waals surface area (Å²) in [5.74, 6) is -0.185. The van der Waals surface area contributed by atoms with Gasteiger partial charge >= 0.3 is 0 Å². The first-order chi connectivity index (χ1) is 13.8. The minimum absolute atomic E-state index is 0.0451. The van der Waals surface area contributed by atoms with Gasteiger partial charge in [0.05, 0.1) is 16.8 Å². The molecule has 0 radical (unpaired) electrons. The summed E-state index contributed by atoms with van der Waals surface area (Å²) in [6.45, 7) is 2.12. The van der Waals surface area contributed by atoms with Gasteiger partial charge in [-0.1, -0.05) is 12.1 Å². The van der Waals surface area contributed by atoms with Gasteiger partial charge in [-0.2, -0.15) is 5.26 Å². The average molecular weight is 408 g/mol. The zero-order chi connectivity index (χ0) is 20.8. The molecule has 148 valence electrons. The van der Waals surface area contributed by atoms with Crippen LogP contribution in [-0.2, 0) is 5.54 Å². The van der Waals surface area contributed by atoms with E-state index in [-0.39, 0.29) is 5.56 Å². The van der Waals surface area contributed by atoms with Crippen LogP contribution in [0.3, 0.4) is 0 Å². The molecule has 1 aromatic heterocycles. The Morgan fingerprint density at radius 3 is 2.79 bits per heavy atom. The predicted molar refractivity (Wildman–Crippen MR) is 114 cm³/mol. The van der Waals surface area contributed by atoms with E-state index in [4.69, 9.17) is 10.7 Å². The molecule has 4 rings (SSSR count). The van der Waals surface area contributed by atoms with Crippen LogP contribution in [0.15, 0.2) is 53.8 Å². The molecule has 2 N–H and O–H groups in total. The lowest BCUT2D eigenvalue weighted by Crippen LogP contribution is -2.49. The number of thiophene rings is 1. The second-order valence-electron chi connectivity index (χ2n) is 7.42. The lowest BCUT2D eigenvalue weighted by molar-refractivity contribution is 0.155. The normalized spacial score (nSPS) is 21.6. The molecule has 0 amide bonds. The van der Waals surface area contributed by atoms with E-state index >= 15 is 0 Å². The molecule has 1 atom stereocenters. The number of nitriles is 1. The van der Waals surface area contributed by atoms with Crippen LogP contribution in [-0.4, -0.2) is 30.1 Å². The van der Waals surface area contributed by atoms with E-state index in [1.54, 1.807) is 28.5 Å². The van der Waals surface area contributed by atoms with Gasteiger partial charge in [0.15, 0.2) is 0 Å². The number of benzene rings is 1. The van der Waals surface area contributed by atoms with Gasteiger partial charge in [-0.25, -0.2) is 4.39 Å². The molecular weight excluding hydrogens is 385 g/mol. The van der Waals surface area contributed by atoms with Crippen molar-refractivity contribution in [3.8, 4) is 16.5 Å². The van der Waals surface area contributed by atoms with Gasteiger partial charge in [-0.05, 0) is 61.2 Å². The van der Waals surface area contributed by atoms with E-state index in [1.165, 1.54) is 11.6 Å². The van der Waals surface area contributed by atoms with E-state index in [9.17, 15) is 4.39 Å². The van der Waals surface area contributed by atoms with Crippen molar-refractivity contribution in [2.75, 3.05) is 14.1 Å². The number of hydrogen-bond donors (Lipinski definition) is 2. The number of hydrazine groups is 1. The third-order valence-corrected chi connectivity index (χ3v) is 7.07. The van der Waals surface area contributed by atoms with E-state index in [0.717, 1.165) is 33.9 Å². The topological polar surface area (TPSA) is 66.2 Å². The zero-order valence-corrected chi connectivity index (χ0v) is 17.4. The number of guanidine groups is 1. The Balaban J connectivity index is 1.81. The monoisotopic (exact) mass is 407 g/mol. The van der Waals surface area contributed by atoms with Gasteiger partial charge in [-0.15, -0.1) is 11.3 Å². The van der Waals surface area contributed by atoms with Crippen LogP contribution in [0, 0.1) is 22.6 Å². The van der Waals surface area contributed by atoms with Crippen molar-refractivity contribution in [1.29, 1.82) is 10.7 Å². The molecule has 0 saturated carbocycles. The lowest BCUT2D eigenvalue weighted by Gasteiger charge is -2.33. The summed E-state index contributed by atoms with van der Waals surface area (Å²) >= 11 is 1.60. The van der Waals surface area contributed by atoms with Crippen LogP contribution in [0.25, 0.3) is 10.4 Å². The fraction of sp³-hybridized carbons (Fsp3) is 0.273. The van der Waals surface area contributed by atoms with Crippen molar-refractivity contribution in [2.45, 2.75) is 25.3 Å². The zero-order valence-electron chi connectivity index (χ0n) is 16.6. The smallest absolute Gasteiger partial charge is 0.211 e. The van der Waals surface area contributed by atoms with E-state index < -0.39 is 11.4 Å². The van der Waals surface area contributed by atoms with E-state index in [2.05, 4.69) is 30.5 Å². The molecule has 0 fully saturated rings. The SMILES string of the molecule is CN1C(=N)NC(C)(c2ccc(-c3ccc(F)c(C#N)c3)s2)C2=C(C=CCC2)N1C. The Morgan fingerprint density at radius 1 is 1.24 bits per heavy atom. The predicted octanol–water partition coefficient (Wildman–Crippen LogP) is 4.56. The third kappa shape index (κ3) is 3.10. The van der Waals surface area contributed by atoms with Crippen molar-refractivity contribution < 1.29 is 4.39 Å². The first-order valence-electron chi connectivity index (χ1n) is 9.40. The van der Waals surface area contributed by atoms with Crippen LogP contribution in [0.5, 0.6) is 0 Å². The van der Waals surface area contributed by atoms with Gasteiger partial charge in [0.25, 0.3) is 0 Å². The van der Waals surface area contributed by atoms with Gasteiger partial charge in [-0.3, -0.25) is 15.4 Å². The summed E-state index contributed by atoms with van der Waals surface area (Å²) in [4.78, 5) is 2.04. The highest BCUT2D eigenvalue weighted by atomic mass is 32.1. The summed E-state index contributed by atoms with van der Waals surface area (Å²) in [6.07, 6.45) is 6.16. The van der Waals surface area contributed by atoms with Crippen molar-refractivity contribution in [1.82, 2.24) is 15.3 Å². The third-order valence-electron chi connectivity index (χ3n) is 5.71. The number of likely N-dealkylation sites (N-methyl/N-ethyl adjacent to an activating group) is 1. The molecule has 0 bridgehead atoms. The summed E-state index contributed by atoms with van der Waals surface area (Å²) in [5, 5.41) is 24.9. The molecule has 1 aromatic carbocycles. The van der Waals surface area contributed by atoms with Gasteiger partial charge < -0.3 is 5.32 Å². The molecule has 2 heterocycles. The number of hydrogen-bond acceptors (Lipinski definition) is 4. The van der Waals surface area contributed by atoms with Gasteiger partial charge in [0, 0.05) is 23.8 Å². The van der Waals surface area contributed by atoms with Crippen LogP contribution in [0.1, 0.15) is 30.2 Å². The Labute approximate surface area is 173 Å². The lowest BCUT2D eigenvalue weighted by atomic mass is 9.83. The maximum absolute atomic E-state index is 13.7.